The van der Waals surface area contributed by atoms with Gasteiger partial charge in [-0.25, -0.2) is 5.43 Å². The predicted octanol–water partition coefficient (Wildman–Crippen LogP) is 4.15. The largest absolute Gasteiger partial charge is 0.469 e. The Morgan fingerprint density at radius 2 is 1.78 bits per heavy atom. The monoisotopic (exact) mass is 466 g/mol. The van der Waals surface area contributed by atoms with Gasteiger partial charge >= 0.3 is 16.3 Å². The van der Waals surface area contributed by atoms with E-state index in [1.807, 2.05) is 0 Å². The van der Waals surface area contributed by atoms with Crippen molar-refractivity contribution in [1.82, 2.24) is 5.43 Å². The first-order valence-corrected chi connectivity index (χ1v) is 10.6. The summed E-state index contributed by atoms with van der Waals surface area (Å²) in [4.78, 5) is 11.4. The van der Waals surface area contributed by atoms with Crippen molar-refractivity contribution in [3.05, 3.63) is 83.8 Å². The summed E-state index contributed by atoms with van der Waals surface area (Å²) in [5, 5.41) is 3.79. The highest BCUT2D eigenvalue weighted by Gasteiger charge is 2.31. The van der Waals surface area contributed by atoms with E-state index in [0.29, 0.717) is 24.3 Å². The van der Waals surface area contributed by atoms with Crippen molar-refractivity contribution in [2.45, 2.75) is 23.9 Å². The molecule has 1 amide bonds. The molecule has 168 valence electrons. The molecule has 3 aromatic rings. The summed E-state index contributed by atoms with van der Waals surface area (Å²) in [5.41, 5.74) is 1.56. The summed E-state index contributed by atoms with van der Waals surface area (Å²) in [7, 11) is -4.40. The van der Waals surface area contributed by atoms with Crippen LogP contribution in [0.5, 0.6) is 5.75 Å². The Labute approximate surface area is 181 Å². The van der Waals surface area contributed by atoms with Crippen LogP contribution in [0.25, 0.3) is 0 Å². The van der Waals surface area contributed by atoms with Crippen LogP contribution in [0.2, 0.25) is 0 Å². The van der Waals surface area contributed by atoms with E-state index in [1.165, 1.54) is 30.7 Å². The third-order valence-corrected chi connectivity index (χ3v) is 5.41. The number of alkyl halides is 3. The molecule has 0 aliphatic rings. The molecular weight excluding hydrogens is 449 g/mol. The van der Waals surface area contributed by atoms with Gasteiger partial charge in [-0.1, -0.05) is 12.1 Å². The van der Waals surface area contributed by atoms with E-state index >= 15 is 0 Å². The molecule has 0 saturated carbocycles. The molecule has 0 atom stereocenters. The minimum absolute atomic E-state index is 0.110. The predicted molar refractivity (Wildman–Crippen MR) is 108 cm³/mol. The zero-order valence-electron chi connectivity index (χ0n) is 16.4. The van der Waals surface area contributed by atoms with E-state index in [0.717, 1.165) is 12.1 Å². The number of nitrogens with zero attached hydrogens (tertiary/aromatic N) is 1. The first-order valence-electron chi connectivity index (χ1n) is 9.20. The van der Waals surface area contributed by atoms with Gasteiger partial charge in [0.2, 0.25) is 5.91 Å². The first-order chi connectivity index (χ1) is 15.1. The van der Waals surface area contributed by atoms with Gasteiger partial charge in [-0.2, -0.15) is 26.7 Å². The number of amides is 1. The lowest BCUT2D eigenvalue weighted by Gasteiger charge is -2.11. The molecule has 7 nitrogen and oxygen atoms in total. The Balaban J connectivity index is 1.66. The summed E-state index contributed by atoms with van der Waals surface area (Å²) < 4.78 is 73.2. The van der Waals surface area contributed by atoms with Crippen LogP contribution in [0, 0.1) is 0 Å². The summed E-state index contributed by atoms with van der Waals surface area (Å²) in [6.07, 6.45) is -1.37. The molecule has 0 aliphatic heterocycles. The number of aryl methyl sites for hydroxylation is 1. The van der Waals surface area contributed by atoms with Gasteiger partial charge in [0.25, 0.3) is 0 Å². The number of halogens is 3. The lowest BCUT2D eigenvalue weighted by Crippen LogP contribution is -2.18. The second-order valence-corrected chi connectivity index (χ2v) is 8.02. The Bertz CT molecular complexity index is 1190. The zero-order chi connectivity index (χ0) is 23.2. The number of para-hydroxylation sites is 1. The minimum Gasteiger partial charge on any atom is -0.469 e. The van der Waals surface area contributed by atoms with E-state index in [2.05, 4.69) is 10.5 Å². The molecule has 11 heteroatoms. The summed E-state index contributed by atoms with van der Waals surface area (Å²) >= 11 is 0. The molecule has 2 aromatic carbocycles. The highest BCUT2D eigenvalue weighted by Crippen LogP contribution is 2.30. The van der Waals surface area contributed by atoms with Gasteiger partial charge in [0, 0.05) is 18.4 Å². The molecule has 32 heavy (non-hydrogen) atoms. The number of hydrogen-bond donors (Lipinski definition) is 1. The molecule has 0 aliphatic carbocycles. The van der Waals surface area contributed by atoms with Gasteiger partial charge in [-0.15, -0.1) is 0 Å². The second-order valence-electron chi connectivity index (χ2n) is 6.47. The molecule has 0 radical (unpaired) electrons. The summed E-state index contributed by atoms with van der Waals surface area (Å²) in [6.45, 7) is 0. The molecule has 0 bridgehead atoms. The number of hydrazone groups is 1. The van der Waals surface area contributed by atoms with E-state index < -0.39 is 26.8 Å². The van der Waals surface area contributed by atoms with Crippen molar-refractivity contribution in [3.63, 3.8) is 0 Å². The van der Waals surface area contributed by atoms with Gasteiger partial charge < -0.3 is 8.60 Å². The Morgan fingerprint density at radius 3 is 2.44 bits per heavy atom. The van der Waals surface area contributed by atoms with E-state index in [9.17, 15) is 26.4 Å². The molecule has 1 N–H and O–H groups in total. The number of rotatable bonds is 8. The molecule has 3 rings (SSSR count). The zero-order valence-corrected chi connectivity index (χ0v) is 17.2. The lowest BCUT2D eigenvalue weighted by atomic mass is 10.2. The third kappa shape index (κ3) is 6.20. The first kappa shape index (κ1) is 23.1. The van der Waals surface area contributed by atoms with Crippen molar-refractivity contribution in [2.75, 3.05) is 0 Å². The number of carbonyl (C=O) groups excluding carboxylic acids is 1. The molecule has 0 spiro atoms. The van der Waals surface area contributed by atoms with Crippen LogP contribution >= 0.6 is 0 Å². The average molecular weight is 466 g/mol. The topological polar surface area (TPSA) is 98.0 Å². The second kappa shape index (κ2) is 9.69. The van der Waals surface area contributed by atoms with Crippen LogP contribution in [-0.4, -0.2) is 20.5 Å². The van der Waals surface area contributed by atoms with Gasteiger partial charge in [-0.05, 0) is 48.5 Å². The van der Waals surface area contributed by atoms with Gasteiger partial charge in [0.1, 0.15) is 10.7 Å². The molecule has 1 aromatic heterocycles. The summed E-state index contributed by atoms with van der Waals surface area (Å²) in [6, 6.07) is 12.3. The maximum Gasteiger partial charge on any atom is 0.416 e. The van der Waals surface area contributed by atoms with Crippen molar-refractivity contribution in [1.29, 1.82) is 0 Å². The average Bonchev–Trinajstić information content (AvgIpc) is 3.26. The fourth-order valence-electron chi connectivity index (χ4n) is 2.56. The van der Waals surface area contributed by atoms with Crippen molar-refractivity contribution in [2.24, 2.45) is 5.10 Å². The molecule has 0 unspecified atom stereocenters. The maximum absolute atomic E-state index is 12.7. The number of nitrogens with one attached hydrogen (secondary N) is 1. The van der Waals surface area contributed by atoms with Crippen LogP contribution in [0.15, 0.2) is 81.3 Å². The van der Waals surface area contributed by atoms with E-state index in [4.69, 9.17) is 8.60 Å². The minimum atomic E-state index is -4.59. The lowest BCUT2D eigenvalue weighted by molar-refractivity contribution is -0.137. The van der Waals surface area contributed by atoms with Crippen LogP contribution in [-0.2, 0) is 27.5 Å². The quantitative estimate of drug-likeness (QED) is 0.306. The smallest absolute Gasteiger partial charge is 0.416 e. The SMILES string of the molecule is O=C(CCc1ccco1)N/N=C/c1ccccc1OS(=O)(=O)c1ccc(C(F)(F)F)cc1. The highest BCUT2D eigenvalue weighted by atomic mass is 32.2. The fourth-order valence-corrected chi connectivity index (χ4v) is 3.52. The summed E-state index contributed by atoms with van der Waals surface area (Å²) in [5.74, 6) is 0.158. The normalized spacial score (nSPS) is 12.1. The molecule has 0 fully saturated rings. The molecule has 1 heterocycles. The van der Waals surface area contributed by atoms with Crippen molar-refractivity contribution in [3.8, 4) is 5.75 Å². The molecular formula is C21H17F3N2O5S. The van der Waals surface area contributed by atoms with Gasteiger partial charge in [-0.3, -0.25) is 4.79 Å². The van der Waals surface area contributed by atoms with Crippen LogP contribution in [0.1, 0.15) is 23.3 Å². The highest BCUT2D eigenvalue weighted by molar-refractivity contribution is 7.87. The van der Waals surface area contributed by atoms with Crippen molar-refractivity contribution < 1.29 is 35.0 Å². The van der Waals surface area contributed by atoms with E-state index in [1.54, 1.807) is 18.2 Å². The third-order valence-electron chi connectivity index (χ3n) is 4.16. The van der Waals surface area contributed by atoms with Crippen molar-refractivity contribution >= 4 is 22.2 Å². The van der Waals surface area contributed by atoms with Gasteiger partial charge in [0.15, 0.2) is 5.75 Å². The number of hydrogen-bond acceptors (Lipinski definition) is 6. The van der Waals surface area contributed by atoms with Crippen LogP contribution < -0.4 is 9.61 Å². The van der Waals surface area contributed by atoms with Crippen LogP contribution in [0.3, 0.4) is 0 Å². The maximum atomic E-state index is 12.7. The number of carbonyl (C=O) groups is 1. The van der Waals surface area contributed by atoms with Crippen LogP contribution in [0.4, 0.5) is 13.2 Å². The van der Waals surface area contributed by atoms with Gasteiger partial charge in [0.05, 0.1) is 18.0 Å². The number of benzene rings is 2. The standard InChI is InChI=1S/C21H17F3N2O5S/c22-21(23,24)16-7-10-18(11-8-16)32(28,29)31-19-6-2-1-4-15(19)14-25-26-20(27)12-9-17-5-3-13-30-17/h1-8,10-11,13-14H,9,12H2,(H,26,27)/b25-14+. The number of furan rings is 1. The molecule has 0 saturated heterocycles. The fraction of sp³-hybridized carbons (Fsp3) is 0.143. The Morgan fingerprint density at radius 1 is 1.06 bits per heavy atom. The van der Waals surface area contributed by atoms with E-state index in [-0.39, 0.29) is 23.6 Å². The Hall–Kier alpha value is -3.60. The Kier molecular flexibility index (Phi) is 6.98.